The van der Waals surface area contributed by atoms with Gasteiger partial charge < -0.3 is 10.4 Å². The third kappa shape index (κ3) is 3.51. The SMILES string of the molecule is CCC(C)CC(C)Nc1ncc(C(=O)O)c2ccccc12. The van der Waals surface area contributed by atoms with Crippen molar-refractivity contribution in [1.29, 1.82) is 0 Å². The number of aromatic nitrogens is 1. The molecule has 0 aliphatic rings. The van der Waals surface area contributed by atoms with Crippen molar-refractivity contribution in [3.05, 3.63) is 36.0 Å². The highest BCUT2D eigenvalue weighted by molar-refractivity contribution is 6.06. The lowest BCUT2D eigenvalue weighted by Crippen LogP contribution is -2.19. The van der Waals surface area contributed by atoms with Crippen LogP contribution < -0.4 is 5.32 Å². The van der Waals surface area contributed by atoms with E-state index in [-0.39, 0.29) is 5.56 Å². The summed E-state index contributed by atoms with van der Waals surface area (Å²) in [6.07, 6.45) is 3.65. The van der Waals surface area contributed by atoms with E-state index in [1.807, 2.05) is 24.3 Å². The van der Waals surface area contributed by atoms with Gasteiger partial charge in [0.15, 0.2) is 0 Å². The van der Waals surface area contributed by atoms with Crippen molar-refractivity contribution in [3.8, 4) is 0 Å². The number of hydrogen-bond donors (Lipinski definition) is 2. The molecule has 0 fully saturated rings. The van der Waals surface area contributed by atoms with Crippen molar-refractivity contribution in [3.63, 3.8) is 0 Å². The Bertz CT molecular complexity index is 640. The first kappa shape index (κ1) is 15.3. The Hall–Kier alpha value is -2.10. The normalized spacial score (nSPS) is 13.9. The van der Waals surface area contributed by atoms with E-state index in [2.05, 4.69) is 31.1 Å². The minimum Gasteiger partial charge on any atom is -0.478 e. The largest absolute Gasteiger partial charge is 0.478 e. The fourth-order valence-electron chi connectivity index (χ4n) is 2.54. The third-order valence-electron chi connectivity index (χ3n) is 3.86. The molecule has 1 heterocycles. The Morgan fingerprint density at radius 3 is 2.57 bits per heavy atom. The number of carbonyl (C=O) groups is 1. The van der Waals surface area contributed by atoms with Gasteiger partial charge in [-0.2, -0.15) is 0 Å². The average Bonchev–Trinajstić information content (AvgIpc) is 2.47. The van der Waals surface area contributed by atoms with E-state index < -0.39 is 5.97 Å². The molecule has 4 nitrogen and oxygen atoms in total. The molecule has 0 aliphatic carbocycles. The Morgan fingerprint density at radius 1 is 1.29 bits per heavy atom. The molecule has 4 heteroatoms. The quantitative estimate of drug-likeness (QED) is 0.836. The second-order valence-electron chi connectivity index (χ2n) is 5.67. The Morgan fingerprint density at radius 2 is 1.95 bits per heavy atom. The number of pyridine rings is 1. The van der Waals surface area contributed by atoms with Crippen molar-refractivity contribution < 1.29 is 9.90 Å². The van der Waals surface area contributed by atoms with Gasteiger partial charge in [-0.05, 0) is 19.3 Å². The lowest BCUT2D eigenvalue weighted by atomic mass is 10.00. The van der Waals surface area contributed by atoms with Crippen molar-refractivity contribution in [1.82, 2.24) is 4.98 Å². The van der Waals surface area contributed by atoms with Gasteiger partial charge in [0.05, 0.1) is 5.56 Å². The van der Waals surface area contributed by atoms with Crippen molar-refractivity contribution in [2.45, 2.75) is 39.7 Å². The summed E-state index contributed by atoms with van der Waals surface area (Å²) in [5.74, 6) is 0.460. The van der Waals surface area contributed by atoms with Gasteiger partial charge in [0, 0.05) is 23.0 Å². The molecule has 2 rings (SSSR count). The number of aromatic carboxylic acids is 1. The average molecular weight is 286 g/mol. The second-order valence-corrected chi connectivity index (χ2v) is 5.67. The lowest BCUT2D eigenvalue weighted by Gasteiger charge is -2.19. The van der Waals surface area contributed by atoms with E-state index >= 15 is 0 Å². The molecule has 0 saturated heterocycles. The summed E-state index contributed by atoms with van der Waals surface area (Å²) in [6.45, 7) is 6.55. The van der Waals surface area contributed by atoms with Gasteiger partial charge >= 0.3 is 5.97 Å². The molecule has 0 amide bonds. The summed E-state index contributed by atoms with van der Waals surface area (Å²) in [5.41, 5.74) is 0.241. The van der Waals surface area contributed by atoms with Crippen LogP contribution in [0.5, 0.6) is 0 Å². The summed E-state index contributed by atoms with van der Waals surface area (Å²) in [5, 5.41) is 14.2. The molecule has 0 aliphatic heterocycles. The molecule has 2 aromatic rings. The summed E-state index contributed by atoms with van der Waals surface area (Å²) in [7, 11) is 0. The molecule has 1 aromatic heterocycles. The summed E-state index contributed by atoms with van der Waals surface area (Å²) in [6, 6.07) is 7.78. The molecule has 2 N–H and O–H groups in total. The van der Waals surface area contributed by atoms with Crippen molar-refractivity contribution >= 4 is 22.6 Å². The highest BCUT2D eigenvalue weighted by atomic mass is 16.4. The Balaban J connectivity index is 2.33. The fraction of sp³-hybridized carbons (Fsp3) is 0.412. The monoisotopic (exact) mass is 286 g/mol. The number of nitrogens with zero attached hydrogens (tertiary/aromatic N) is 1. The van der Waals surface area contributed by atoms with Gasteiger partial charge in [-0.3, -0.25) is 0 Å². The second kappa shape index (κ2) is 6.57. The van der Waals surface area contributed by atoms with Crippen LogP contribution in [0.15, 0.2) is 30.5 Å². The van der Waals surface area contributed by atoms with Crippen molar-refractivity contribution in [2.75, 3.05) is 5.32 Å². The van der Waals surface area contributed by atoms with E-state index in [4.69, 9.17) is 0 Å². The zero-order valence-electron chi connectivity index (χ0n) is 12.8. The Kier molecular flexibility index (Phi) is 4.78. The number of rotatable bonds is 6. The number of benzene rings is 1. The zero-order chi connectivity index (χ0) is 15.4. The molecule has 0 saturated carbocycles. The standard InChI is InChI=1S/C17H22N2O2/c1-4-11(2)9-12(3)19-16-14-8-6-5-7-13(14)15(10-18-16)17(20)21/h5-8,10-12H,4,9H2,1-3H3,(H,18,19)(H,20,21). The van der Waals surface area contributed by atoms with Crippen LogP contribution in [-0.4, -0.2) is 22.1 Å². The van der Waals surface area contributed by atoms with Crippen LogP contribution in [0.2, 0.25) is 0 Å². The van der Waals surface area contributed by atoms with Gasteiger partial charge in [0.1, 0.15) is 5.82 Å². The lowest BCUT2D eigenvalue weighted by molar-refractivity contribution is 0.0698. The van der Waals surface area contributed by atoms with E-state index in [1.165, 1.54) is 6.20 Å². The van der Waals surface area contributed by atoms with Crippen LogP contribution in [0.3, 0.4) is 0 Å². The first-order chi connectivity index (χ1) is 10.0. The van der Waals surface area contributed by atoms with Gasteiger partial charge in [-0.15, -0.1) is 0 Å². The maximum absolute atomic E-state index is 11.3. The van der Waals surface area contributed by atoms with Crippen LogP contribution in [0.1, 0.15) is 44.0 Å². The molecule has 2 unspecified atom stereocenters. The van der Waals surface area contributed by atoms with Crippen LogP contribution >= 0.6 is 0 Å². The van der Waals surface area contributed by atoms with Crippen LogP contribution in [-0.2, 0) is 0 Å². The molecule has 0 radical (unpaired) electrons. The number of carboxylic acid groups (broad SMARTS) is 1. The molecule has 0 spiro atoms. The molecule has 21 heavy (non-hydrogen) atoms. The van der Waals surface area contributed by atoms with Crippen LogP contribution in [0, 0.1) is 5.92 Å². The maximum atomic E-state index is 11.3. The number of fused-ring (bicyclic) bond motifs is 1. The number of anilines is 1. The summed E-state index contributed by atoms with van der Waals surface area (Å²) >= 11 is 0. The topological polar surface area (TPSA) is 62.2 Å². The first-order valence-corrected chi connectivity index (χ1v) is 7.40. The van der Waals surface area contributed by atoms with Gasteiger partial charge in [-0.1, -0.05) is 44.5 Å². The van der Waals surface area contributed by atoms with E-state index in [0.717, 1.165) is 29.4 Å². The summed E-state index contributed by atoms with van der Waals surface area (Å²) in [4.78, 5) is 15.6. The maximum Gasteiger partial charge on any atom is 0.337 e. The van der Waals surface area contributed by atoms with E-state index in [0.29, 0.717) is 12.0 Å². The predicted octanol–water partition coefficient (Wildman–Crippen LogP) is 4.17. The Labute approximate surface area is 125 Å². The molecular formula is C17H22N2O2. The highest BCUT2D eigenvalue weighted by Crippen LogP contribution is 2.25. The molecule has 2 atom stereocenters. The first-order valence-electron chi connectivity index (χ1n) is 7.40. The molecule has 1 aromatic carbocycles. The predicted molar refractivity (Wildman–Crippen MR) is 85.9 cm³/mol. The number of hydrogen-bond acceptors (Lipinski definition) is 3. The van der Waals surface area contributed by atoms with Crippen molar-refractivity contribution in [2.24, 2.45) is 5.92 Å². The third-order valence-corrected chi connectivity index (χ3v) is 3.86. The fourth-order valence-corrected chi connectivity index (χ4v) is 2.54. The van der Waals surface area contributed by atoms with Gasteiger partial charge in [0.2, 0.25) is 0 Å². The molecule has 0 bridgehead atoms. The number of carboxylic acids is 1. The smallest absolute Gasteiger partial charge is 0.337 e. The minimum absolute atomic E-state index is 0.241. The van der Waals surface area contributed by atoms with Crippen LogP contribution in [0.4, 0.5) is 5.82 Å². The summed E-state index contributed by atoms with van der Waals surface area (Å²) < 4.78 is 0. The zero-order valence-corrected chi connectivity index (χ0v) is 12.8. The molecular weight excluding hydrogens is 264 g/mol. The van der Waals surface area contributed by atoms with E-state index in [9.17, 15) is 9.90 Å². The van der Waals surface area contributed by atoms with Gasteiger partial charge in [0.25, 0.3) is 0 Å². The molecule has 112 valence electrons. The van der Waals surface area contributed by atoms with E-state index in [1.54, 1.807) is 0 Å². The van der Waals surface area contributed by atoms with Crippen LogP contribution in [0.25, 0.3) is 10.8 Å². The number of nitrogens with one attached hydrogen (secondary N) is 1. The highest BCUT2D eigenvalue weighted by Gasteiger charge is 2.14. The minimum atomic E-state index is -0.946. The van der Waals surface area contributed by atoms with Gasteiger partial charge in [-0.25, -0.2) is 9.78 Å².